The highest BCUT2D eigenvalue weighted by atomic mass is 35.5. The van der Waals surface area contributed by atoms with E-state index in [0.717, 1.165) is 41.8 Å². The molecule has 1 aliphatic heterocycles. The van der Waals surface area contributed by atoms with Gasteiger partial charge in [-0.2, -0.15) is 10.2 Å². The summed E-state index contributed by atoms with van der Waals surface area (Å²) in [7, 11) is 1.92. The minimum atomic E-state index is -0.0575. The number of aryl methyl sites for hydroxylation is 2. The number of benzene rings is 1. The lowest BCUT2D eigenvalue weighted by Crippen LogP contribution is -2.29. The lowest BCUT2D eigenvalue weighted by molar-refractivity contribution is -0.122. The molecule has 1 aliphatic rings. The first-order valence-electron chi connectivity index (χ1n) is 9.53. The van der Waals surface area contributed by atoms with Crippen LogP contribution in [0.3, 0.4) is 0 Å². The quantitative estimate of drug-likeness (QED) is 0.686. The Balaban J connectivity index is 0.00000225. The van der Waals surface area contributed by atoms with Crippen molar-refractivity contribution in [3.63, 3.8) is 0 Å². The van der Waals surface area contributed by atoms with Crippen LogP contribution in [0, 0.1) is 6.92 Å². The van der Waals surface area contributed by atoms with Crippen LogP contribution >= 0.6 is 12.4 Å². The Hall–Kier alpha value is -2.38. The predicted octanol–water partition coefficient (Wildman–Crippen LogP) is 2.28. The van der Waals surface area contributed by atoms with Crippen LogP contribution in [-0.2, 0) is 24.9 Å². The molecule has 1 unspecified atom stereocenters. The van der Waals surface area contributed by atoms with Gasteiger partial charge in [-0.15, -0.1) is 12.4 Å². The summed E-state index contributed by atoms with van der Waals surface area (Å²) in [5, 5.41) is 16.6. The van der Waals surface area contributed by atoms with Gasteiger partial charge in [0.1, 0.15) is 6.54 Å². The highest BCUT2D eigenvalue weighted by molar-refractivity contribution is 5.85. The van der Waals surface area contributed by atoms with Gasteiger partial charge in [0.15, 0.2) is 0 Å². The second-order valence-electron chi connectivity index (χ2n) is 7.35. The van der Waals surface area contributed by atoms with Gasteiger partial charge < -0.3 is 10.6 Å². The molecule has 0 aliphatic carbocycles. The van der Waals surface area contributed by atoms with Gasteiger partial charge in [0.25, 0.3) is 0 Å². The number of hydrogen-bond acceptors (Lipinski definition) is 4. The van der Waals surface area contributed by atoms with Gasteiger partial charge in [0, 0.05) is 31.1 Å². The Morgan fingerprint density at radius 1 is 1.32 bits per heavy atom. The molecule has 3 heterocycles. The van der Waals surface area contributed by atoms with Crippen molar-refractivity contribution < 1.29 is 4.79 Å². The fourth-order valence-corrected chi connectivity index (χ4v) is 3.76. The van der Waals surface area contributed by atoms with E-state index in [-0.39, 0.29) is 24.9 Å². The molecular formula is C20H27ClN6O. The molecular weight excluding hydrogens is 376 g/mol. The number of piperidine rings is 1. The zero-order valence-corrected chi connectivity index (χ0v) is 17.1. The van der Waals surface area contributed by atoms with Crippen LogP contribution in [-0.4, -0.2) is 38.6 Å². The Morgan fingerprint density at radius 2 is 2.18 bits per heavy atom. The van der Waals surface area contributed by atoms with Crippen molar-refractivity contribution in [3.8, 4) is 0 Å². The van der Waals surface area contributed by atoms with Crippen molar-refractivity contribution in [2.24, 2.45) is 7.05 Å². The molecule has 1 atom stereocenters. The molecule has 2 N–H and O–H groups in total. The van der Waals surface area contributed by atoms with E-state index in [9.17, 15) is 4.79 Å². The lowest BCUT2D eigenvalue weighted by Gasteiger charge is -2.20. The number of carbonyl (C=O) groups is 1. The van der Waals surface area contributed by atoms with E-state index >= 15 is 0 Å². The normalized spacial score (nSPS) is 16.7. The van der Waals surface area contributed by atoms with Crippen LogP contribution in [0.5, 0.6) is 0 Å². The number of hydrogen-bond donors (Lipinski definition) is 2. The van der Waals surface area contributed by atoms with E-state index in [1.807, 2.05) is 24.0 Å². The maximum atomic E-state index is 12.4. The van der Waals surface area contributed by atoms with E-state index in [0.29, 0.717) is 12.5 Å². The highest BCUT2D eigenvalue weighted by Gasteiger charge is 2.18. The third-order valence-corrected chi connectivity index (χ3v) is 5.22. The van der Waals surface area contributed by atoms with E-state index in [1.165, 1.54) is 12.0 Å². The molecule has 7 nitrogen and oxygen atoms in total. The summed E-state index contributed by atoms with van der Waals surface area (Å²) in [6.07, 6.45) is 4.22. The third-order valence-electron chi connectivity index (χ3n) is 5.22. The predicted molar refractivity (Wildman–Crippen MR) is 112 cm³/mol. The van der Waals surface area contributed by atoms with Crippen molar-refractivity contribution in [1.29, 1.82) is 0 Å². The van der Waals surface area contributed by atoms with Crippen molar-refractivity contribution in [1.82, 2.24) is 30.2 Å². The zero-order valence-electron chi connectivity index (χ0n) is 16.3. The zero-order chi connectivity index (χ0) is 18.8. The lowest BCUT2D eigenvalue weighted by atomic mass is 9.97. The van der Waals surface area contributed by atoms with E-state index < -0.39 is 0 Å². The molecule has 150 valence electrons. The number of carbonyl (C=O) groups excluding carboxylic acids is 1. The first kappa shape index (κ1) is 20.4. The number of rotatable bonds is 5. The highest BCUT2D eigenvalue weighted by Crippen LogP contribution is 2.21. The van der Waals surface area contributed by atoms with Crippen LogP contribution in [0.25, 0.3) is 10.9 Å². The third kappa shape index (κ3) is 4.36. The van der Waals surface area contributed by atoms with E-state index in [1.54, 1.807) is 4.68 Å². The number of nitrogens with zero attached hydrogens (tertiary/aromatic N) is 4. The summed E-state index contributed by atoms with van der Waals surface area (Å²) in [4.78, 5) is 12.4. The molecule has 1 saturated heterocycles. The van der Waals surface area contributed by atoms with Gasteiger partial charge in [0.05, 0.1) is 23.4 Å². The van der Waals surface area contributed by atoms with Gasteiger partial charge in [-0.25, -0.2) is 0 Å². The van der Waals surface area contributed by atoms with Crippen LogP contribution in [0.1, 0.15) is 35.7 Å². The molecule has 0 saturated carbocycles. The smallest absolute Gasteiger partial charge is 0.242 e. The SMILES string of the molecule is Cc1ccc2c(c1)c(CNC(=O)Cn1ccc(C3CCCNC3)n1)nn2C.Cl. The Morgan fingerprint density at radius 3 is 2.96 bits per heavy atom. The number of amides is 1. The first-order chi connectivity index (χ1) is 13.1. The molecule has 4 rings (SSSR count). The van der Waals surface area contributed by atoms with Crippen molar-refractivity contribution in [2.75, 3.05) is 13.1 Å². The molecule has 0 radical (unpaired) electrons. The Kier molecular flexibility index (Phi) is 6.36. The fourth-order valence-electron chi connectivity index (χ4n) is 3.76. The van der Waals surface area contributed by atoms with Crippen molar-refractivity contribution in [2.45, 2.75) is 38.8 Å². The molecule has 1 amide bonds. The van der Waals surface area contributed by atoms with Crippen molar-refractivity contribution >= 4 is 29.2 Å². The maximum Gasteiger partial charge on any atom is 0.242 e. The second-order valence-corrected chi connectivity index (χ2v) is 7.35. The fraction of sp³-hybridized carbons (Fsp3) is 0.450. The molecule has 8 heteroatoms. The topological polar surface area (TPSA) is 76.8 Å². The monoisotopic (exact) mass is 402 g/mol. The molecule has 1 aromatic carbocycles. The van der Waals surface area contributed by atoms with Crippen LogP contribution in [0.2, 0.25) is 0 Å². The molecule has 0 spiro atoms. The molecule has 0 bridgehead atoms. The number of halogens is 1. The summed E-state index contributed by atoms with van der Waals surface area (Å²) < 4.78 is 3.58. The average Bonchev–Trinajstić information content (AvgIpc) is 3.25. The minimum absolute atomic E-state index is 0. The van der Waals surface area contributed by atoms with Gasteiger partial charge in [-0.05, 0) is 44.5 Å². The molecule has 28 heavy (non-hydrogen) atoms. The standard InChI is InChI=1S/C20H26N6O.ClH/c1-14-5-6-19-16(10-14)18(23-25(19)2)12-22-20(27)13-26-9-7-17(24-26)15-4-3-8-21-11-15;/h5-7,9-10,15,21H,3-4,8,11-13H2,1-2H3,(H,22,27);1H. The average molecular weight is 403 g/mol. The summed E-state index contributed by atoms with van der Waals surface area (Å²) in [5.41, 5.74) is 4.21. The number of fused-ring (bicyclic) bond motifs is 1. The molecule has 1 fully saturated rings. The maximum absolute atomic E-state index is 12.4. The summed E-state index contributed by atoms with van der Waals surface area (Å²) in [5.74, 6) is 0.393. The van der Waals surface area contributed by atoms with Gasteiger partial charge in [-0.3, -0.25) is 14.2 Å². The molecule has 2 aromatic heterocycles. The summed E-state index contributed by atoms with van der Waals surface area (Å²) in [6.45, 7) is 4.76. The van der Waals surface area contributed by atoms with Crippen LogP contribution in [0.15, 0.2) is 30.5 Å². The van der Waals surface area contributed by atoms with E-state index in [4.69, 9.17) is 0 Å². The minimum Gasteiger partial charge on any atom is -0.349 e. The Bertz CT molecular complexity index is 957. The van der Waals surface area contributed by atoms with E-state index in [2.05, 4.69) is 46.0 Å². The van der Waals surface area contributed by atoms with Crippen LogP contribution in [0.4, 0.5) is 0 Å². The number of aromatic nitrogens is 4. The van der Waals surface area contributed by atoms with Crippen molar-refractivity contribution in [3.05, 3.63) is 47.4 Å². The first-order valence-corrected chi connectivity index (χ1v) is 9.53. The van der Waals surface area contributed by atoms with Gasteiger partial charge in [-0.1, -0.05) is 11.6 Å². The Labute approximate surface area is 170 Å². The van der Waals surface area contributed by atoms with Crippen LogP contribution < -0.4 is 10.6 Å². The summed E-state index contributed by atoms with van der Waals surface area (Å²) >= 11 is 0. The summed E-state index contributed by atoms with van der Waals surface area (Å²) in [6, 6.07) is 8.28. The molecule has 3 aromatic rings. The van der Waals surface area contributed by atoms with Gasteiger partial charge >= 0.3 is 0 Å². The largest absolute Gasteiger partial charge is 0.349 e. The number of nitrogens with one attached hydrogen (secondary N) is 2. The second kappa shape index (κ2) is 8.75. The van der Waals surface area contributed by atoms with Gasteiger partial charge in [0.2, 0.25) is 5.91 Å².